The fourth-order valence-corrected chi connectivity index (χ4v) is 10.7. The molecule has 0 spiro atoms. The molecular formula is C12H18S7. The molecule has 0 bridgehead atoms. The maximum atomic E-state index is 2.40. The van der Waals surface area contributed by atoms with Crippen LogP contribution in [-0.2, 0) is 0 Å². The van der Waals surface area contributed by atoms with Gasteiger partial charge in [-0.2, -0.15) is 35.3 Å². The minimum absolute atomic E-state index is 0.965. The molecule has 6 unspecified atom stereocenters. The zero-order chi connectivity index (χ0) is 12.7. The highest BCUT2D eigenvalue weighted by Gasteiger charge is 2.42. The van der Waals surface area contributed by atoms with Crippen LogP contribution in [0.5, 0.6) is 0 Å². The zero-order valence-electron chi connectivity index (χ0n) is 10.6. The Hall–Kier alpha value is 2.45. The van der Waals surface area contributed by atoms with Crippen molar-refractivity contribution < 1.29 is 0 Å². The van der Waals surface area contributed by atoms with Crippen LogP contribution in [0.15, 0.2) is 0 Å². The summed E-state index contributed by atoms with van der Waals surface area (Å²) in [7, 11) is 8.42. The SMILES string of the molecule is C1SSC1CC(SC(CC1CSS1)C1CS1)C1CS1. The van der Waals surface area contributed by atoms with Crippen molar-refractivity contribution in [1.82, 2.24) is 0 Å². The van der Waals surface area contributed by atoms with Crippen LogP contribution in [0, 0.1) is 0 Å². The van der Waals surface area contributed by atoms with Crippen molar-refractivity contribution in [3.05, 3.63) is 0 Å². The summed E-state index contributed by atoms with van der Waals surface area (Å²) in [5.41, 5.74) is 0. The summed E-state index contributed by atoms with van der Waals surface area (Å²) in [6, 6.07) is 0. The Morgan fingerprint density at radius 2 is 1.21 bits per heavy atom. The standard InChI is InChI=1S/C12H18S7/c1(7-3-15-18-7)9(11-5-13-11)17-10(12-6-14-12)2-8-4-16-19-8/h7-12H,1-6H2. The van der Waals surface area contributed by atoms with Crippen molar-refractivity contribution in [1.29, 1.82) is 0 Å². The first-order valence-corrected chi connectivity index (χ1v) is 14.6. The van der Waals surface area contributed by atoms with E-state index in [0.29, 0.717) is 0 Å². The average Bonchev–Trinajstić information content (AvgIpc) is 3.11. The van der Waals surface area contributed by atoms with Crippen LogP contribution in [0.1, 0.15) is 12.8 Å². The van der Waals surface area contributed by atoms with Gasteiger partial charge in [0.25, 0.3) is 0 Å². The molecule has 0 saturated carbocycles. The van der Waals surface area contributed by atoms with Crippen molar-refractivity contribution in [2.75, 3.05) is 23.0 Å². The van der Waals surface area contributed by atoms with Gasteiger partial charge in [0.05, 0.1) is 0 Å². The minimum Gasteiger partial charge on any atom is -0.155 e. The Morgan fingerprint density at radius 1 is 0.789 bits per heavy atom. The highest BCUT2D eigenvalue weighted by atomic mass is 33.1. The lowest BCUT2D eigenvalue weighted by molar-refractivity contribution is 0.739. The lowest BCUT2D eigenvalue weighted by Crippen LogP contribution is -2.29. The summed E-state index contributed by atoms with van der Waals surface area (Å²) < 4.78 is 0. The summed E-state index contributed by atoms with van der Waals surface area (Å²) in [5, 5.41) is 5.89. The fourth-order valence-electron chi connectivity index (χ4n) is 2.42. The van der Waals surface area contributed by atoms with Gasteiger partial charge in [0.1, 0.15) is 0 Å². The Bertz CT molecular complexity index is 279. The third-order valence-electron chi connectivity index (χ3n) is 3.80. The maximum absolute atomic E-state index is 2.40. The minimum atomic E-state index is 0.965. The summed E-state index contributed by atoms with van der Waals surface area (Å²) >= 11 is 6.82. The highest BCUT2D eigenvalue weighted by Crippen LogP contribution is 2.53. The second kappa shape index (κ2) is 6.91. The van der Waals surface area contributed by atoms with Crippen LogP contribution in [0.4, 0.5) is 0 Å². The quantitative estimate of drug-likeness (QED) is 0.420. The third-order valence-corrected chi connectivity index (χ3v) is 14.3. The molecule has 4 rings (SSSR count). The van der Waals surface area contributed by atoms with Crippen LogP contribution in [0.25, 0.3) is 0 Å². The van der Waals surface area contributed by atoms with E-state index in [4.69, 9.17) is 0 Å². The molecule has 4 fully saturated rings. The molecule has 4 aliphatic rings. The van der Waals surface area contributed by atoms with Crippen LogP contribution in [-0.4, -0.2) is 54.5 Å². The number of hydrogen-bond donors (Lipinski definition) is 0. The van der Waals surface area contributed by atoms with Gasteiger partial charge in [0.2, 0.25) is 0 Å². The van der Waals surface area contributed by atoms with Gasteiger partial charge in [0, 0.05) is 54.5 Å². The van der Waals surface area contributed by atoms with E-state index < -0.39 is 0 Å². The molecule has 0 radical (unpaired) electrons. The predicted octanol–water partition coefficient (Wildman–Crippen LogP) is 5.00. The lowest BCUT2D eigenvalue weighted by Gasteiger charge is -2.32. The van der Waals surface area contributed by atoms with Gasteiger partial charge >= 0.3 is 0 Å². The maximum Gasteiger partial charge on any atom is 0.0261 e. The molecule has 4 heterocycles. The Labute approximate surface area is 144 Å². The Morgan fingerprint density at radius 3 is 1.47 bits per heavy atom. The summed E-state index contributed by atoms with van der Waals surface area (Å²) in [4.78, 5) is 0. The number of rotatable bonds is 8. The topological polar surface area (TPSA) is 0 Å². The molecule has 7 heteroatoms. The van der Waals surface area contributed by atoms with Gasteiger partial charge in [-0.15, -0.1) is 0 Å². The van der Waals surface area contributed by atoms with E-state index in [1.165, 1.54) is 35.9 Å². The van der Waals surface area contributed by atoms with E-state index in [1.807, 2.05) is 0 Å². The number of hydrogen-bond acceptors (Lipinski definition) is 7. The largest absolute Gasteiger partial charge is 0.155 e. The van der Waals surface area contributed by atoms with Gasteiger partial charge in [-0.05, 0) is 12.8 Å². The van der Waals surface area contributed by atoms with Crippen molar-refractivity contribution in [2.45, 2.75) is 44.3 Å². The van der Waals surface area contributed by atoms with Crippen molar-refractivity contribution in [3.8, 4) is 0 Å². The van der Waals surface area contributed by atoms with Crippen LogP contribution in [0.2, 0.25) is 0 Å². The molecule has 0 nitrogen and oxygen atoms in total. The normalized spacial score (nSPS) is 42.9. The molecular weight excluding hydrogens is 369 g/mol. The van der Waals surface area contributed by atoms with Gasteiger partial charge in [-0.25, -0.2) is 0 Å². The molecule has 0 aromatic carbocycles. The van der Waals surface area contributed by atoms with E-state index in [9.17, 15) is 0 Å². The Balaban J connectivity index is 1.31. The van der Waals surface area contributed by atoms with E-state index in [-0.39, 0.29) is 0 Å². The monoisotopic (exact) mass is 386 g/mol. The van der Waals surface area contributed by atoms with Crippen molar-refractivity contribution in [3.63, 3.8) is 0 Å². The van der Waals surface area contributed by atoms with E-state index in [0.717, 1.165) is 31.5 Å². The molecule has 0 aromatic heterocycles. The lowest BCUT2D eigenvalue weighted by atomic mass is 10.2. The first kappa shape index (κ1) is 15.0. The molecule has 0 amide bonds. The second-order valence-electron chi connectivity index (χ2n) is 5.43. The van der Waals surface area contributed by atoms with Crippen molar-refractivity contribution in [2.24, 2.45) is 0 Å². The molecule has 0 aromatic rings. The first-order valence-electron chi connectivity index (χ1n) is 6.83. The summed E-state index contributed by atoms with van der Waals surface area (Å²) in [6.45, 7) is 0. The van der Waals surface area contributed by atoms with Gasteiger partial charge in [-0.3, -0.25) is 0 Å². The van der Waals surface area contributed by atoms with Gasteiger partial charge in [-0.1, -0.05) is 43.2 Å². The predicted molar refractivity (Wildman–Crippen MR) is 105 cm³/mol. The van der Waals surface area contributed by atoms with E-state index in [1.54, 1.807) is 0 Å². The van der Waals surface area contributed by atoms with Crippen LogP contribution < -0.4 is 0 Å². The number of thioether (sulfide) groups is 3. The molecule has 0 aliphatic carbocycles. The molecule has 108 valence electrons. The Kier molecular flexibility index (Phi) is 5.46. The zero-order valence-corrected chi connectivity index (χ0v) is 16.3. The van der Waals surface area contributed by atoms with E-state index in [2.05, 4.69) is 78.5 Å². The fraction of sp³-hybridized carbons (Fsp3) is 1.00. The molecule has 6 atom stereocenters. The summed E-state index contributed by atoms with van der Waals surface area (Å²) in [5.74, 6) is 5.72. The van der Waals surface area contributed by atoms with E-state index >= 15 is 0 Å². The molecule has 4 saturated heterocycles. The van der Waals surface area contributed by atoms with Crippen LogP contribution >= 0.6 is 78.5 Å². The molecule has 4 aliphatic heterocycles. The molecule has 0 N–H and O–H groups in total. The first-order chi connectivity index (χ1) is 9.38. The van der Waals surface area contributed by atoms with Gasteiger partial charge in [0.15, 0.2) is 0 Å². The van der Waals surface area contributed by atoms with Crippen molar-refractivity contribution >= 4 is 78.5 Å². The van der Waals surface area contributed by atoms with Gasteiger partial charge < -0.3 is 0 Å². The molecule has 19 heavy (non-hydrogen) atoms. The smallest absolute Gasteiger partial charge is 0.0261 e. The highest BCUT2D eigenvalue weighted by molar-refractivity contribution is 8.80. The summed E-state index contributed by atoms with van der Waals surface area (Å²) in [6.07, 6.45) is 2.97. The van der Waals surface area contributed by atoms with Crippen LogP contribution in [0.3, 0.4) is 0 Å². The second-order valence-corrected chi connectivity index (χ2v) is 14.9. The third kappa shape index (κ3) is 4.25. The average molecular weight is 387 g/mol.